The summed E-state index contributed by atoms with van der Waals surface area (Å²) in [5.41, 5.74) is 1.30. The van der Waals surface area contributed by atoms with Crippen LogP contribution in [-0.2, 0) is 4.79 Å². The molecule has 0 spiro atoms. The fourth-order valence-corrected chi connectivity index (χ4v) is 2.40. The number of hydrogen-bond donors (Lipinski definition) is 3. The summed E-state index contributed by atoms with van der Waals surface area (Å²) in [5, 5.41) is 13.2. The van der Waals surface area contributed by atoms with E-state index in [1.54, 1.807) is 6.21 Å². The smallest absolute Gasteiger partial charge is 0.262 e. The van der Waals surface area contributed by atoms with Gasteiger partial charge in [0.2, 0.25) is 5.96 Å². The van der Waals surface area contributed by atoms with Crippen molar-refractivity contribution >= 4 is 23.9 Å². The number of carbonyl (C=O) groups excluding carboxylic acids is 1. The topological polar surface area (TPSA) is 92.9 Å². The highest BCUT2D eigenvalue weighted by Gasteiger charge is 2.29. The number of nitrogens with zero attached hydrogens (tertiary/aromatic N) is 3. The molecule has 0 radical (unpaired) electrons. The molecule has 21 heavy (non-hydrogen) atoms. The Morgan fingerprint density at radius 2 is 2.14 bits per heavy atom. The van der Waals surface area contributed by atoms with Crippen molar-refractivity contribution in [1.82, 2.24) is 15.5 Å². The van der Waals surface area contributed by atoms with Gasteiger partial charge in [-0.15, -0.1) is 0 Å². The minimum Gasteiger partial charge on any atom is -0.309 e. The second-order valence-corrected chi connectivity index (χ2v) is 5.16. The summed E-state index contributed by atoms with van der Waals surface area (Å²) in [6.07, 6.45) is 1.66. The molecule has 0 aliphatic carbocycles. The van der Waals surface area contributed by atoms with Crippen molar-refractivity contribution in [3.8, 4) is 0 Å². The lowest BCUT2D eigenvalue weighted by Crippen LogP contribution is -2.41. The molecule has 2 aliphatic heterocycles. The number of hydrogen-bond acceptors (Lipinski definition) is 5. The number of amides is 1. The molecule has 2 aliphatic rings. The van der Waals surface area contributed by atoms with Crippen molar-refractivity contribution in [2.45, 2.75) is 26.8 Å². The zero-order valence-electron chi connectivity index (χ0n) is 12.7. The molecule has 2 rings (SSSR count). The summed E-state index contributed by atoms with van der Waals surface area (Å²) in [7, 11) is 0. The number of guanidine groups is 1. The fourth-order valence-electron chi connectivity index (χ4n) is 2.40. The summed E-state index contributed by atoms with van der Waals surface area (Å²) in [6.45, 7) is 10.0. The van der Waals surface area contributed by atoms with E-state index in [9.17, 15) is 4.79 Å². The van der Waals surface area contributed by atoms with Crippen LogP contribution >= 0.6 is 0 Å². The average Bonchev–Trinajstić information content (AvgIpc) is 2.85. The number of aliphatic imine (C=N–C) groups is 2. The van der Waals surface area contributed by atoms with Gasteiger partial charge in [0.15, 0.2) is 5.84 Å². The SMILES string of the molecule is CCN(CC)CC(C)NCC1=C2C(=O)NC(=N)N=C2N=C1. The lowest BCUT2D eigenvalue weighted by Gasteiger charge is -2.23. The summed E-state index contributed by atoms with van der Waals surface area (Å²) >= 11 is 0. The average molecular weight is 290 g/mol. The van der Waals surface area contributed by atoms with Crippen LogP contribution < -0.4 is 10.6 Å². The standard InChI is InChI=1S/C14H22N6O/c1-4-20(5-2)8-9(3)16-6-10-7-17-12-11(10)13(21)19-14(15)18-12/h7,9,16H,4-6,8H2,1-3H3,(H2,15,19,21). The van der Waals surface area contributed by atoms with Crippen LogP contribution in [-0.4, -0.2) is 61.0 Å². The molecule has 0 saturated heterocycles. The second kappa shape index (κ2) is 6.73. The minimum atomic E-state index is -0.296. The molecule has 1 atom stereocenters. The van der Waals surface area contributed by atoms with Gasteiger partial charge in [0.25, 0.3) is 5.91 Å². The number of rotatable bonds is 7. The first-order valence-electron chi connectivity index (χ1n) is 7.27. The van der Waals surface area contributed by atoms with Gasteiger partial charge >= 0.3 is 0 Å². The molecule has 2 heterocycles. The Hall–Kier alpha value is -1.86. The van der Waals surface area contributed by atoms with E-state index in [0.717, 1.165) is 25.2 Å². The van der Waals surface area contributed by atoms with E-state index in [2.05, 4.69) is 46.3 Å². The maximum absolute atomic E-state index is 11.9. The van der Waals surface area contributed by atoms with E-state index >= 15 is 0 Å². The predicted octanol–water partition coefficient (Wildman–Crippen LogP) is 0.150. The van der Waals surface area contributed by atoms with Crippen molar-refractivity contribution < 1.29 is 4.79 Å². The molecule has 0 aromatic carbocycles. The van der Waals surface area contributed by atoms with E-state index in [1.165, 1.54) is 0 Å². The van der Waals surface area contributed by atoms with Crippen molar-refractivity contribution in [3.63, 3.8) is 0 Å². The van der Waals surface area contributed by atoms with Gasteiger partial charge in [-0.2, -0.15) is 4.99 Å². The quantitative estimate of drug-likeness (QED) is 0.623. The van der Waals surface area contributed by atoms with Crippen molar-refractivity contribution in [1.29, 1.82) is 5.41 Å². The van der Waals surface area contributed by atoms with Crippen molar-refractivity contribution in [2.75, 3.05) is 26.2 Å². The van der Waals surface area contributed by atoms with Gasteiger partial charge in [-0.25, -0.2) is 4.99 Å². The first-order chi connectivity index (χ1) is 10.0. The van der Waals surface area contributed by atoms with E-state index in [4.69, 9.17) is 5.41 Å². The summed E-state index contributed by atoms with van der Waals surface area (Å²) in [5.74, 6) is -0.104. The molecule has 1 unspecified atom stereocenters. The second-order valence-electron chi connectivity index (χ2n) is 5.16. The maximum atomic E-state index is 11.9. The van der Waals surface area contributed by atoms with Gasteiger partial charge in [0.1, 0.15) is 0 Å². The Balaban J connectivity index is 1.97. The zero-order valence-corrected chi connectivity index (χ0v) is 12.7. The molecule has 0 saturated carbocycles. The molecule has 7 heteroatoms. The first-order valence-corrected chi connectivity index (χ1v) is 7.27. The summed E-state index contributed by atoms with van der Waals surface area (Å²) in [6, 6.07) is 0.317. The first kappa shape index (κ1) is 15.5. The van der Waals surface area contributed by atoms with Gasteiger partial charge in [0.05, 0.1) is 5.57 Å². The zero-order chi connectivity index (χ0) is 15.4. The van der Waals surface area contributed by atoms with Crippen LogP contribution in [0.1, 0.15) is 20.8 Å². The van der Waals surface area contributed by atoms with Gasteiger partial charge < -0.3 is 10.2 Å². The normalized spacial score (nSPS) is 19.0. The van der Waals surface area contributed by atoms with E-state index < -0.39 is 0 Å². The molecule has 0 aromatic rings. The third kappa shape index (κ3) is 3.62. The van der Waals surface area contributed by atoms with E-state index in [-0.39, 0.29) is 11.9 Å². The molecule has 3 N–H and O–H groups in total. The Labute approximate surface area is 124 Å². The van der Waals surface area contributed by atoms with Crippen molar-refractivity contribution in [3.05, 3.63) is 11.1 Å². The minimum absolute atomic E-state index is 0.153. The highest BCUT2D eigenvalue weighted by Crippen LogP contribution is 2.16. The monoisotopic (exact) mass is 290 g/mol. The van der Waals surface area contributed by atoms with Gasteiger partial charge in [-0.1, -0.05) is 13.8 Å². The van der Waals surface area contributed by atoms with Gasteiger partial charge in [-0.3, -0.25) is 15.5 Å². The molecule has 0 bridgehead atoms. The number of amidine groups is 1. The Kier molecular flexibility index (Phi) is 4.98. The molecule has 1 amide bonds. The highest BCUT2D eigenvalue weighted by atomic mass is 16.2. The molecule has 7 nitrogen and oxygen atoms in total. The number of nitrogens with one attached hydrogen (secondary N) is 3. The van der Waals surface area contributed by atoms with Gasteiger partial charge in [0, 0.05) is 30.9 Å². The van der Waals surface area contributed by atoms with Crippen LogP contribution in [0.4, 0.5) is 0 Å². The number of fused-ring (bicyclic) bond motifs is 1. The predicted molar refractivity (Wildman–Crippen MR) is 84.1 cm³/mol. The van der Waals surface area contributed by atoms with Crippen LogP contribution in [0.15, 0.2) is 21.1 Å². The van der Waals surface area contributed by atoms with E-state index in [0.29, 0.717) is 24.0 Å². The van der Waals surface area contributed by atoms with Crippen LogP contribution in [0.3, 0.4) is 0 Å². The van der Waals surface area contributed by atoms with Crippen LogP contribution in [0.25, 0.3) is 0 Å². The Morgan fingerprint density at radius 1 is 1.43 bits per heavy atom. The molecular weight excluding hydrogens is 268 g/mol. The highest BCUT2D eigenvalue weighted by molar-refractivity contribution is 6.35. The van der Waals surface area contributed by atoms with E-state index in [1.807, 2.05) is 0 Å². The molecule has 0 aromatic heterocycles. The molecule has 0 fully saturated rings. The molecule has 114 valence electrons. The molecular formula is C14H22N6O. The third-order valence-corrected chi connectivity index (χ3v) is 3.63. The maximum Gasteiger partial charge on any atom is 0.262 e. The number of carbonyl (C=O) groups is 1. The lowest BCUT2D eigenvalue weighted by atomic mass is 10.1. The third-order valence-electron chi connectivity index (χ3n) is 3.63. The summed E-state index contributed by atoms with van der Waals surface area (Å²) in [4.78, 5) is 22.3. The van der Waals surface area contributed by atoms with Crippen molar-refractivity contribution in [2.24, 2.45) is 9.98 Å². The summed E-state index contributed by atoms with van der Waals surface area (Å²) < 4.78 is 0. The van der Waals surface area contributed by atoms with Gasteiger partial charge in [-0.05, 0) is 20.0 Å². The fraction of sp³-hybridized carbons (Fsp3) is 0.571. The van der Waals surface area contributed by atoms with Crippen LogP contribution in [0, 0.1) is 5.41 Å². The Morgan fingerprint density at radius 3 is 2.81 bits per heavy atom. The number of likely N-dealkylation sites (N-methyl/N-ethyl adjacent to an activating group) is 1. The van der Waals surface area contributed by atoms with Crippen LogP contribution in [0.5, 0.6) is 0 Å². The largest absolute Gasteiger partial charge is 0.309 e. The van der Waals surface area contributed by atoms with Crippen LogP contribution in [0.2, 0.25) is 0 Å². The Bertz CT molecular complexity index is 530. The lowest BCUT2D eigenvalue weighted by molar-refractivity contribution is -0.115.